The molecule has 0 heterocycles. The van der Waals surface area contributed by atoms with Gasteiger partial charge in [-0.25, -0.2) is 0 Å². The highest BCUT2D eigenvalue weighted by molar-refractivity contribution is 5.66. The van der Waals surface area contributed by atoms with Gasteiger partial charge in [-0.05, 0) is 97.7 Å². The minimum absolute atomic E-state index is 0.0201. The van der Waals surface area contributed by atoms with Crippen LogP contribution in [0.2, 0.25) is 0 Å². The van der Waals surface area contributed by atoms with Crippen LogP contribution in [0.3, 0.4) is 0 Å². The largest absolute Gasteiger partial charge is 0.481 e. The number of aliphatic carboxylic acids is 1. The molecule has 3 saturated carbocycles. The fourth-order valence-corrected chi connectivity index (χ4v) is 9.90. The van der Waals surface area contributed by atoms with Crippen LogP contribution in [-0.4, -0.2) is 44.7 Å². The summed E-state index contributed by atoms with van der Waals surface area (Å²) < 4.78 is 0. The highest BCUT2D eigenvalue weighted by atomic mass is 16.4. The Labute approximate surface area is 212 Å². The van der Waals surface area contributed by atoms with Gasteiger partial charge in [-0.2, -0.15) is 0 Å². The maximum atomic E-state index is 11.7. The third-order valence-corrected chi connectivity index (χ3v) is 12.3. The third-order valence-electron chi connectivity index (χ3n) is 12.3. The van der Waals surface area contributed by atoms with Gasteiger partial charge in [0.15, 0.2) is 0 Å². The number of carboxylic acid groups (broad SMARTS) is 1. The quantitative estimate of drug-likeness (QED) is 0.378. The van der Waals surface area contributed by atoms with Crippen LogP contribution in [0.25, 0.3) is 0 Å². The number of fused-ring (bicyclic) bond motifs is 5. The SMILES string of the molecule is CC1(C)C[C@@H](O)[C@]2(C)CC[C@]3(C)C(=CC[C@@H]4[C@@](C)(CCC(=O)O)[C@H]([C@](C)(O)CO)CC[C@]43C)[C@@H]2C1. The van der Waals surface area contributed by atoms with Gasteiger partial charge in [0.25, 0.3) is 0 Å². The molecule has 0 aromatic rings. The number of rotatable bonds is 5. The molecule has 35 heavy (non-hydrogen) atoms. The Kier molecular flexibility index (Phi) is 6.43. The number of hydrogen-bond donors (Lipinski definition) is 4. The predicted octanol–water partition coefficient (Wildman–Crippen LogP) is 5.57. The van der Waals surface area contributed by atoms with E-state index in [1.165, 1.54) is 5.57 Å². The maximum Gasteiger partial charge on any atom is 0.303 e. The lowest BCUT2D eigenvalue weighted by Gasteiger charge is -2.70. The average Bonchev–Trinajstić information content (AvgIpc) is 2.74. The molecule has 0 aliphatic heterocycles. The van der Waals surface area contributed by atoms with Gasteiger partial charge < -0.3 is 20.4 Å². The Morgan fingerprint density at radius 2 is 1.74 bits per heavy atom. The van der Waals surface area contributed by atoms with Gasteiger partial charge in [0.05, 0.1) is 18.3 Å². The molecular weight excluding hydrogens is 440 g/mol. The van der Waals surface area contributed by atoms with Crippen LogP contribution < -0.4 is 0 Å². The molecule has 0 aromatic heterocycles. The molecule has 0 radical (unpaired) electrons. The highest BCUT2D eigenvalue weighted by Gasteiger charge is 2.67. The van der Waals surface area contributed by atoms with E-state index in [-0.39, 0.29) is 52.6 Å². The molecule has 0 bridgehead atoms. The van der Waals surface area contributed by atoms with Crippen molar-refractivity contribution in [2.45, 2.75) is 118 Å². The van der Waals surface area contributed by atoms with Gasteiger partial charge in [-0.3, -0.25) is 4.79 Å². The smallest absolute Gasteiger partial charge is 0.303 e. The normalized spacial score (nSPS) is 48.6. The van der Waals surface area contributed by atoms with Gasteiger partial charge in [-0.15, -0.1) is 0 Å². The van der Waals surface area contributed by atoms with Crippen LogP contribution in [0.5, 0.6) is 0 Å². The van der Waals surface area contributed by atoms with Crippen LogP contribution in [0.4, 0.5) is 0 Å². The molecular formula is C30H50O5. The van der Waals surface area contributed by atoms with Gasteiger partial charge >= 0.3 is 5.97 Å². The number of aliphatic hydroxyl groups excluding tert-OH is 2. The molecule has 4 aliphatic rings. The predicted molar refractivity (Wildman–Crippen MR) is 138 cm³/mol. The van der Waals surface area contributed by atoms with Gasteiger partial charge in [-0.1, -0.05) is 53.2 Å². The lowest BCUT2D eigenvalue weighted by Crippen LogP contribution is -2.64. The summed E-state index contributed by atoms with van der Waals surface area (Å²) in [5, 5.41) is 42.2. The number of carbonyl (C=O) groups is 1. The highest BCUT2D eigenvalue weighted by Crippen LogP contribution is 2.74. The summed E-state index contributed by atoms with van der Waals surface area (Å²) >= 11 is 0. The van der Waals surface area contributed by atoms with Crippen molar-refractivity contribution in [1.29, 1.82) is 0 Å². The Hall–Kier alpha value is -0.910. The van der Waals surface area contributed by atoms with E-state index in [1.54, 1.807) is 6.92 Å². The molecule has 4 rings (SSSR count). The van der Waals surface area contributed by atoms with Crippen molar-refractivity contribution in [1.82, 2.24) is 0 Å². The molecule has 0 spiro atoms. The van der Waals surface area contributed by atoms with Crippen LogP contribution in [0.15, 0.2) is 11.6 Å². The summed E-state index contributed by atoms with van der Waals surface area (Å²) in [6.45, 7) is 15.4. The molecule has 5 nitrogen and oxygen atoms in total. The van der Waals surface area contributed by atoms with E-state index in [4.69, 9.17) is 0 Å². The number of hydrogen-bond acceptors (Lipinski definition) is 4. The van der Waals surface area contributed by atoms with E-state index < -0.39 is 17.0 Å². The van der Waals surface area contributed by atoms with Crippen molar-refractivity contribution < 1.29 is 25.2 Å². The molecule has 0 unspecified atom stereocenters. The first kappa shape index (κ1) is 27.1. The summed E-state index contributed by atoms with van der Waals surface area (Å²) in [5.74, 6) is -0.363. The lowest BCUT2D eigenvalue weighted by atomic mass is 9.35. The van der Waals surface area contributed by atoms with Crippen molar-refractivity contribution in [2.75, 3.05) is 6.61 Å². The number of allylic oxidation sites excluding steroid dienone is 2. The molecule has 3 fully saturated rings. The van der Waals surface area contributed by atoms with Crippen LogP contribution in [-0.2, 0) is 4.79 Å². The fraction of sp³-hybridized carbons (Fsp3) is 0.900. The first-order chi connectivity index (χ1) is 16.0. The van der Waals surface area contributed by atoms with Gasteiger partial charge in [0.2, 0.25) is 0 Å². The summed E-state index contributed by atoms with van der Waals surface area (Å²) in [4.78, 5) is 11.7. The lowest BCUT2D eigenvalue weighted by molar-refractivity contribution is -0.200. The zero-order valence-electron chi connectivity index (χ0n) is 23.2. The molecule has 0 amide bonds. The van der Waals surface area contributed by atoms with E-state index in [1.807, 2.05) is 0 Å². The second-order valence-electron chi connectivity index (χ2n) is 14.9. The summed E-state index contributed by atoms with van der Waals surface area (Å²) in [7, 11) is 0. The second-order valence-corrected chi connectivity index (χ2v) is 14.9. The molecule has 4 aliphatic carbocycles. The minimum atomic E-state index is -1.23. The van der Waals surface area contributed by atoms with Crippen molar-refractivity contribution >= 4 is 5.97 Å². The van der Waals surface area contributed by atoms with E-state index in [2.05, 4.69) is 47.6 Å². The Bertz CT molecular complexity index is 891. The maximum absolute atomic E-state index is 11.7. The Morgan fingerprint density at radius 1 is 1.09 bits per heavy atom. The first-order valence-corrected chi connectivity index (χ1v) is 13.9. The van der Waals surface area contributed by atoms with Crippen LogP contribution in [0.1, 0.15) is 106 Å². The van der Waals surface area contributed by atoms with Gasteiger partial charge in [0, 0.05) is 11.8 Å². The minimum Gasteiger partial charge on any atom is -0.481 e. The Balaban J connectivity index is 1.81. The van der Waals surface area contributed by atoms with E-state index in [0.29, 0.717) is 12.3 Å². The standard InChI is InChI=1S/C30H50O5/c1-25(2)16-20-19-8-9-21-27(4,12-11-24(33)34)22(30(7,35)18-31)10-13-29(21,6)28(19,5)15-14-26(20,3)23(32)17-25/h8,20-23,31-32,35H,9-18H2,1-7H3,(H,33,34)/t20-,21+,22+,23+,26+,27+,28+,29+,30+/m0/s1. The monoisotopic (exact) mass is 490 g/mol. The summed E-state index contributed by atoms with van der Waals surface area (Å²) in [5.41, 5.74) is -0.127. The van der Waals surface area contributed by atoms with Gasteiger partial charge in [0.1, 0.15) is 0 Å². The zero-order valence-corrected chi connectivity index (χ0v) is 23.2. The van der Waals surface area contributed by atoms with Crippen LogP contribution >= 0.6 is 0 Å². The summed E-state index contributed by atoms with van der Waals surface area (Å²) in [6.07, 6.45) is 9.39. The van der Waals surface area contributed by atoms with Crippen molar-refractivity contribution in [2.24, 2.45) is 44.8 Å². The van der Waals surface area contributed by atoms with E-state index >= 15 is 0 Å². The van der Waals surface area contributed by atoms with Crippen molar-refractivity contribution in [3.05, 3.63) is 11.6 Å². The molecule has 5 heteroatoms. The zero-order chi connectivity index (χ0) is 26.2. The van der Waals surface area contributed by atoms with Crippen molar-refractivity contribution in [3.63, 3.8) is 0 Å². The number of carboxylic acids is 1. The van der Waals surface area contributed by atoms with Crippen molar-refractivity contribution in [3.8, 4) is 0 Å². The molecule has 9 atom stereocenters. The topological polar surface area (TPSA) is 98.0 Å². The second kappa shape index (κ2) is 8.30. The number of aliphatic hydroxyl groups is 3. The molecule has 200 valence electrons. The molecule has 4 N–H and O–H groups in total. The van der Waals surface area contributed by atoms with E-state index in [9.17, 15) is 25.2 Å². The molecule has 0 aromatic carbocycles. The van der Waals surface area contributed by atoms with Crippen LogP contribution in [0, 0.1) is 44.8 Å². The Morgan fingerprint density at radius 3 is 2.34 bits per heavy atom. The third kappa shape index (κ3) is 3.85. The first-order valence-electron chi connectivity index (χ1n) is 13.9. The summed E-state index contributed by atoms with van der Waals surface area (Å²) in [6, 6.07) is 0. The fourth-order valence-electron chi connectivity index (χ4n) is 9.90. The molecule has 0 saturated heterocycles. The average molecular weight is 491 g/mol. The van der Waals surface area contributed by atoms with E-state index in [0.717, 1.165) is 44.9 Å².